The van der Waals surface area contributed by atoms with Gasteiger partial charge in [0.2, 0.25) is 5.91 Å². The normalized spacial score (nSPS) is 10.3. The molecule has 0 aliphatic carbocycles. The van der Waals surface area contributed by atoms with Crippen LogP contribution in [0.1, 0.15) is 22.8 Å². The van der Waals surface area contributed by atoms with Crippen molar-refractivity contribution >= 4 is 46.5 Å². The third-order valence-corrected chi connectivity index (χ3v) is 4.19. The van der Waals surface area contributed by atoms with Gasteiger partial charge in [0.25, 0.3) is 0 Å². The van der Waals surface area contributed by atoms with Crippen molar-refractivity contribution in [2.75, 3.05) is 12.4 Å². The summed E-state index contributed by atoms with van der Waals surface area (Å²) in [5, 5.41) is 13.7. The van der Waals surface area contributed by atoms with Gasteiger partial charge in [-0.2, -0.15) is 0 Å². The molecule has 0 saturated carbocycles. The highest BCUT2D eigenvalue weighted by atomic mass is 35.5. The predicted molar refractivity (Wildman–Crippen MR) is 95.5 cm³/mol. The molecule has 0 atom stereocenters. The Morgan fingerprint density at radius 2 is 1.88 bits per heavy atom. The van der Waals surface area contributed by atoms with Gasteiger partial charge in [0.1, 0.15) is 0 Å². The van der Waals surface area contributed by atoms with E-state index in [4.69, 9.17) is 27.9 Å². The van der Waals surface area contributed by atoms with E-state index in [9.17, 15) is 14.8 Å². The smallest absolute Gasteiger partial charge is 0.339 e. The van der Waals surface area contributed by atoms with Crippen molar-refractivity contribution in [2.45, 2.75) is 13.5 Å². The van der Waals surface area contributed by atoms with Gasteiger partial charge in [0, 0.05) is 6.92 Å². The van der Waals surface area contributed by atoms with Crippen LogP contribution in [0.25, 0.3) is 0 Å². The molecule has 0 heterocycles. The highest BCUT2D eigenvalue weighted by Gasteiger charge is 2.17. The largest absolute Gasteiger partial charge is 0.465 e. The summed E-state index contributed by atoms with van der Waals surface area (Å²) in [6.45, 7) is 1.13. The van der Waals surface area contributed by atoms with Crippen LogP contribution < -0.4 is 5.32 Å². The quantitative estimate of drug-likeness (QED) is 0.458. The fraction of sp³-hybridized carbons (Fsp3) is 0.176. The molecule has 0 unspecified atom stereocenters. The molecule has 25 heavy (non-hydrogen) atoms. The van der Waals surface area contributed by atoms with Crippen molar-refractivity contribution in [3.05, 3.63) is 57.6 Å². The number of carbonyl (C=O) groups is 2. The fourth-order valence-corrected chi connectivity index (χ4v) is 2.64. The Morgan fingerprint density at radius 3 is 2.52 bits per heavy atom. The maximum atomic E-state index is 11.9. The molecular weight excluding hydrogens is 367 g/mol. The van der Waals surface area contributed by atoms with Crippen LogP contribution in [0.2, 0.25) is 10.0 Å². The lowest BCUT2D eigenvalue weighted by atomic mass is 10.1. The van der Waals surface area contributed by atoms with Gasteiger partial charge in [-0.25, -0.2) is 9.86 Å². The van der Waals surface area contributed by atoms with E-state index < -0.39 is 11.9 Å². The minimum absolute atomic E-state index is 0.0985. The lowest BCUT2D eigenvalue weighted by Crippen LogP contribution is -2.24. The lowest BCUT2D eigenvalue weighted by molar-refractivity contribution is -0.165. The van der Waals surface area contributed by atoms with Crippen molar-refractivity contribution in [3.63, 3.8) is 0 Å². The van der Waals surface area contributed by atoms with E-state index >= 15 is 0 Å². The number of halogens is 2. The highest BCUT2D eigenvalue weighted by Crippen LogP contribution is 2.36. The summed E-state index contributed by atoms with van der Waals surface area (Å²) in [5.74, 6) is -1.03. The Kier molecular flexibility index (Phi) is 6.25. The van der Waals surface area contributed by atoms with Crippen molar-refractivity contribution in [1.29, 1.82) is 0 Å². The number of carbonyl (C=O) groups excluding carboxylic acids is 2. The summed E-state index contributed by atoms with van der Waals surface area (Å²) in [6.07, 6.45) is 0. The fourth-order valence-electron chi connectivity index (χ4n) is 2.12. The van der Waals surface area contributed by atoms with Crippen LogP contribution in [0.5, 0.6) is 0 Å². The molecule has 2 N–H and O–H groups in total. The Labute approximate surface area is 154 Å². The molecule has 2 aromatic carbocycles. The third-order valence-electron chi connectivity index (χ3n) is 3.45. The molecule has 8 heteroatoms. The average molecular weight is 383 g/mol. The number of amides is 1. The van der Waals surface area contributed by atoms with Crippen molar-refractivity contribution < 1.29 is 19.5 Å². The maximum Gasteiger partial charge on any atom is 0.339 e. The van der Waals surface area contributed by atoms with Gasteiger partial charge in [-0.15, -0.1) is 0 Å². The predicted octanol–water partition coefficient (Wildman–Crippen LogP) is 4.26. The number of rotatable bonds is 5. The first kappa shape index (κ1) is 19.1. The molecule has 132 valence electrons. The zero-order valence-electron chi connectivity index (χ0n) is 13.5. The topological polar surface area (TPSA) is 78.9 Å². The number of nitrogens with one attached hydrogen (secondary N) is 1. The number of anilines is 2. The average Bonchev–Trinajstić information content (AvgIpc) is 2.60. The maximum absolute atomic E-state index is 11.9. The molecule has 0 aromatic heterocycles. The van der Waals surface area contributed by atoms with Crippen LogP contribution >= 0.6 is 23.2 Å². The van der Waals surface area contributed by atoms with Crippen LogP contribution in [0.3, 0.4) is 0 Å². The molecule has 1 amide bonds. The second-order valence-electron chi connectivity index (χ2n) is 5.13. The number of para-hydroxylation sites is 1. The number of hydroxylamine groups is 2. The summed E-state index contributed by atoms with van der Waals surface area (Å²) in [6, 6.07) is 9.91. The molecule has 0 bridgehead atoms. The van der Waals surface area contributed by atoms with Gasteiger partial charge < -0.3 is 10.1 Å². The van der Waals surface area contributed by atoms with Crippen molar-refractivity contribution in [3.8, 4) is 0 Å². The Bertz CT molecular complexity index is 811. The van der Waals surface area contributed by atoms with Crippen molar-refractivity contribution in [1.82, 2.24) is 5.06 Å². The van der Waals surface area contributed by atoms with Crippen LogP contribution in [0.4, 0.5) is 11.4 Å². The number of hydrogen-bond acceptors (Lipinski definition) is 5. The number of nitrogens with zero attached hydrogens (tertiary/aromatic N) is 1. The first-order valence-electron chi connectivity index (χ1n) is 7.23. The molecule has 0 aliphatic heterocycles. The summed E-state index contributed by atoms with van der Waals surface area (Å²) in [4.78, 5) is 23.1. The van der Waals surface area contributed by atoms with E-state index in [1.807, 2.05) is 0 Å². The molecule has 0 radical (unpaired) electrons. The molecule has 0 saturated heterocycles. The number of methoxy groups -OCH3 is 1. The van der Waals surface area contributed by atoms with E-state index in [-0.39, 0.29) is 11.6 Å². The summed E-state index contributed by atoms with van der Waals surface area (Å²) in [5.41, 5.74) is 1.62. The number of benzene rings is 2. The van der Waals surface area contributed by atoms with Gasteiger partial charge in [0.15, 0.2) is 0 Å². The summed E-state index contributed by atoms with van der Waals surface area (Å²) in [7, 11) is 1.29. The first-order chi connectivity index (χ1) is 11.8. The minimum Gasteiger partial charge on any atom is -0.465 e. The van der Waals surface area contributed by atoms with Crippen LogP contribution in [-0.2, 0) is 16.1 Å². The molecule has 2 rings (SSSR count). The monoisotopic (exact) mass is 382 g/mol. The van der Waals surface area contributed by atoms with Crippen LogP contribution in [-0.4, -0.2) is 29.3 Å². The Morgan fingerprint density at radius 1 is 1.20 bits per heavy atom. The Hall–Kier alpha value is -2.28. The lowest BCUT2D eigenvalue weighted by Gasteiger charge is -2.18. The van der Waals surface area contributed by atoms with E-state index in [2.05, 4.69) is 5.32 Å². The van der Waals surface area contributed by atoms with E-state index in [0.29, 0.717) is 32.6 Å². The van der Waals surface area contributed by atoms with Gasteiger partial charge in [-0.3, -0.25) is 10.0 Å². The third kappa shape index (κ3) is 4.42. The molecule has 0 spiro atoms. The van der Waals surface area contributed by atoms with E-state index in [1.165, 1.54) is 14.0 Å². The standard InChI is InChI=1S/C17H16Cl2N2O4/c1-10(22)21(24)9-11-7-8-13(18)16(15(11)19)20-14-6-4-3-5-12(14)17(23)25-2/h3-8,20,24H,9H2,1-2H3. The number of ether oxygens (including phenoxy) is 1. The zero-order valence-corrected chi connectivity index (χ0v) is 15.1. The molecule has 0 aliphatic rings. The minimum atomic E-state index is -0.517. The Balaban J connectivity index is 2.41. The second-order valence-corrected chi connectivity index (χ2v) is 5.92. The van der Waals surface area contributed by atoms with Gasteiger partial charge in [-0.05, 0) is 23.8 Å². The molecule has 0 fully saturated rings. The second kappa shape index (κ2) is 8.20. The van der Waals surface area contributed by atoms with Crippen LogP contribution in [0.15, 0.2) is 36.4 Å². The molecular formula is C17H16Cl2N2O4. The SMILES string of the molecule is COC(=O)c1ccccc1Nc1c(Cl)ccc(CN(O)C(C)=O)c1Cl. The molecule has 6 nitrogen and oxygen atoms in total. The highest BCUT2D eigenvalue weighted by molar-refractivity contribution is 6.39. The van der Waals surface area contributed by atoms with Gasteiger partial charge >= 0.3 is 5.97 Å². The zero-order chi connectivity index (χ0) is 18.6. The summed E-state index contributed by atoms with van der Waals surface area (Å²) >= 11 is 12.6. The van der Waals surface area contributed by atoms with Gasteiger partial charge in [0.05, 0.1) is 40.6 Å². The first-order valence-corrected chi connectivity index (χ1v) is 7.99. The van der Waals surface area contributed by atoms with Gasteiger partial charge in [-0.1, -0.05) is 41.4 Å². The number of hydrogen-bond donors (Lipinski definition) is 2. The van der Waals surface area contributed by atoms with Crippen LogP contribution in [0, 0.1) is 0 Å². The van der Waals surface area contributed by atoms with E-state index in [0.717, 1.165) is 0 Å². The van der Waals surface area contributed by atoms with E-state index in [1.54, 1.807) is 36.4 Å². The van der Waals surface area contributed by atoms with Crippen molar-refractivity contribution in [2.24, 2.45) is 0 Å². The molecule has 2 aromatic rings. The number of esters is 1. The summed E-state index contributed by atoms with van der Waals surface area (Å²) < 4.78 is 4.76.